The Morgan fingerprint density at radius 2 is 1.05 bits per heavy atom. The molecule has 0 spiro atoms. The van der Waals surface area contributed by atoms with Gasteiger partial charge >= 0.3 is 24.4 Å². The number of ether oxygens (including phenoxy) is 1. The molecule has 0 bridgehead atoms. The smallest absolute Gasteiger partial charge is 0.274 e. The van der Waals surface area contributed by atoms with Gasteiger partial charge in [0.15, 0.2) is 0 Å². The number of rotatable bonds is 7. The van der Waals surface area contributed by atoms with Gasteiger partial charge in [0, 0.05) is 0 Å². The lowest BCUT2D eigenvalue weighted by Gasteiger charge is -2.31. The van der Waals surface area contributed by atoms with Crippen molar-refractivity contribution in [1.29, 1.82) is 0 Å². The average molecular weight is 332 g/mol. The molecule has 20 heavy (non-hydrogen) atoms. The summed E-state index contributed by atoms with van der Waals surface area (Å²) in [4.78, 5) is 0. The van der Waals surface area contributed by atoms with Gasteiger partial charge in [0.05, 0.1) is 0 Å². The molecule has 122 valence electrons. The van der Waals surface area contributed by atoms with E-state index in [1.807, 2.05) is 0 Å². The van der Waals surface area contributed by atoms with E-state index in [-0.39, 0.29) is 0 Å². The molecule has 0 saturated heterocycles. The molecule has 0 radical (unpaired) electrons. The summed E-state index contributed by atoms with van der Waals surface area (Å²) in [5.74, 6) is -13.0. The number of alkyl halides is 12. The molecule has 1 nitrogen and oxygen atoms in total. The molecule has 0 fully saturated rings. The molecule has 13 heteroatoms. The molecule has 0 aromatic rings. The first kappa shape index (κ1) is 19.1. The molecule has 0 saturated carbocycles. The van der Waals surface area contributed by atoms with E-state index in [9.17, 15) is 52.7 Å². The van der Waals surface area contributed by atoms with Crippen LogP contribution in [-0.2, 0) is 4.74 Å². The van der Waals surface area contributed by atoms with Gasteiger partial charge in [-0.2, -0.15) is 26.3 Å². The third-order valence-corrected chi connectivity index (χ3v) is 1.81. The summed E-state index contributed by atoms with van der Waals surface area (Å²) in [6.45, 7) is 0. The molecule has 0 N–H and O–H groups in total. The lowest BCUT2D eigenvalue weighted by Crippen LogP contribution is -2.57. The van der Waals surface area contributed by atoms with E-state index >= 15 is 0 Å². The summed E-state index contributed by atoms with van der Waals surface area (Å²) in [5.41, 5.74) is 0. The molecule has 0 aromatic heterocycles. The molecule has 0 aliphatic carbocycles. The van der Waals surface area contributed by atoms with Crippen LogP contribution in [0.1, 0.15) is 0 Å². The van der Waals surface area contributed by atoms with Crippen LogP contribution in [-0.4, -0.2) is 43.3 Å². The molecular formula is C7H4F12O. The highest BCUT2D eigenvalue weighted by molar-refractivity contribution is 4.94. The largest absolute Gasteiger partial charge is 0.419 e. The van der Waals surface area contributed by atoms with E-state index in [2.05, 4.69) is 4.74 Å². The normalized spacial score (nSPS) is 17.7. The van der Waals surface area contributed by atoms with E-state index in [0.29, 0.717) is 0 Å². The zero-order valence-corrected chi connectivity index (χ0v) is 8.75. The maximum atomic E-state index is 12.6. The van der Waals surface area contributed by atoms with Crippen LogP contribution in [0, 0.1) is 0 Å². The zero-order chi connectivity index (χ0) is 16.5. The molecule has 2 atom stereocenters. The minimum absolute atomic E-state index is 2.09. The fourth-order valence-corrected chi connectivity index (χ4v) is 0.757. The molecule has 0 aliphatic heterocycles. The Labute approximate surface area is 102 Å². The van der Waals surface area contributed by atoms with Gasteiger partial charge in [0.2, 0.25) is 6.17 Å². The number of hydrogen-bond acceptors (Lipinski definition) is 1. The second-order valence-corrected chi connectivity index (χ2v) is 3.28. The van der Waals surface area contributed by atoms with Crippen molar-refractivity contribution < 1.29 is 57.4 Å². The van der Waals surface area contributed by atoms with Crippen molar-refractivity contribution in [2.45, 2.75) is 43.3 Å². The number of hydrogen-bond donors (Lipinski definition) is 0. The van der Waals surface area contributed by atoms with Gasteiger partial charge in [0.25, 0.3) is 12.8 Å². The summed E-state index contributed by atoms with van der Waals surface area (Å²) in [7, 11) is 0. The lowest BCUT2D eigenvalue weighted by atomic mass is 10.1. The molecule has 0 heterocycles. The molecule has 0 aliphatic rings. The first-order valence-corrected chi connectivity index (χ1v) is 4.33. The van der Waals surface area contributed by atoms with Crippen molar-refractivity contribution in [3.8, 4) is 0 Å². The summed E-state index contributed by atoms with van der Waals surface area (Å²) in [5, 5.41) is 0. The van der Waals surface area contributed by atoms with Crippen molar-refractivity contribution in [2.24, 2.45) is 0 Å². The Bertz CT molecular complexity index is 315. The summed E-state index contributed by atoms with van der Waals surface area (Å²) in [6.07, 6.45) is -25.6. The van der Waals surface area contributed by atoms with Gasteiger partial charge in [-0.25, -0.2) is 26.3 Å². The van der Waals surface area contributed by atoms with Gasteiger partial charge in [0.1, 0.15) is 0 Å². The monoisotopic (exact) mass is 332 g/mol. The van der Waals surface area contributed by atoms with Gasteiger partial charge in [-0.05, 0) is 0 Å². The quantitative estimate of drug-likeness (QED) is 0.640. The van der Waals surface area contributed by atoms with E-state index in [1.54, 1.807) is 0 Å². The summed E-state index contributed by atoms with van der Waals surface area (Å²) < 4.78 is 147. The zero-order valence-electron chi connectivity index (χ0n) is 8.75. The summed E-state index contributed by atoms with van der Waals surface area (Å²) >= 11 is 0. The van der Waals surface area contributed by atoms with Gasteiger partial charge < -0.3 is 0 Å². The molecule has 0 rings (SSSR count). The lowest BCUT2D eigenvalue weighted by molar-refractivity contribution is -0.395. The maximum absolute atomic E-state index is 12.6. The fraction of sp³-hybridized carbons (Fsp3) is 1.00. The van der Waals surface area contributed by atoms with Gasteiger partial charge in [-0.1, -0.05) is 0 Å². The second kappa shape index (κ2) is 5.85. The highest BCUT2D eigenvalue weighted by Crippen LogP contribution is 2.45. The van der Waals surface area contributed by atoms with E-state index in [4.69, 9.17) is 0 Å². The fourth-order valence-electron chi connectivity index (χ4n) is 0.757. The first-order chi connectivity index (χ1) is 8.68. The predicted octanol–water partition coefficient (Wildman–Crippen LogP) is 4.03. The first-order valence-electron chi connectivity index (χ1n) is 4.33. The van der Waals surface area contributed by atoms with Gasteiger partial charge in [-0.15, -0.1) is 0 Å². The summed E-state index contributed by atoms with van der Waals surface area (Å²) in [6, 6.07) is 0. The van der Waals surface area contributed by atoms with Crippen LogP contribution in [0.15, 0.2) is 0 Å². The van der Waals surface area contributed by atoms with Crippen LogP contribution in [0.25, 0.3) is 0 Å². The standard InChI is InChI=1S/C7H4F12O/c8-1(2(9)10)5(14,15)6(16,17)4(13)20-7(18,19)3(11)12/h1-4H. The minimum atomic E-state index is -6.54. The van der Waals surface area contributed by atoms with Crippen LogP contribution >= 0.6 is 0 Å². The Balaban J connectivity index is 5.22. The van der Waals surface area contributed by atoms with Crippen molar-refractivity contribution in [3.05, 3.63) is 0 Å². The van der Waals surface area contributed by atoms with E-state index < -0.39 is 43.3 Å². The predicted molar refractivity (Wildman–Crippen MR) is 37.7 cm³/mol. The van der Waals surface area contributed by atoms with Crippen LogP contribution in [0.5, 0.6) is 0 Å². The van der Waals surface area contributed by atoms with E-state index in [0.717, 1.165) is 0 Å². The third kappa shape index (κ3) is 3.61. The van der Waals surface area contributed by atoms with Crippen LogP contribution in [0.4, 0.5) is 52.7 Å². The maximum Gasteiger partial charge on any atom is 0.419 e. The Morgan fingerprint density at radius 1 is 0.650 bits per heavy atom. The molecule has 2 unspecified atom stereocenters. The van der Waals surface area contributed by atoms with Gasteiger partial charge in [-0.3, -0.25) is 4.74 Å². The van der Waals surface area contributed by atoms with Crippen LogP contribution in [0.3, 0.4) is 0 Å². The third-order valence-electron chi connectivity index (χ3n) is 1.81. The highest BCUT2D eigenvalue weighted by Gasteiger charge is 2.70. The topological polar surface area (TPSA) is 9.23 Å². The Morgan fingerprint density at radius 3 is 1.35 bits per heavy atom. The van der Waals surface area contributed by atoms with Crippen LogP contribution < -0.4 is 0 Å². The molecular weight excluding hydrogens is 328 g/mol. The van der Waals surface area contributed by atoms with Crippen LogP contribution in [0.2, 0.25) is 0 Å². The van der Waals surface area contributed by atoms with Crippen molar-refractivity contribution in [3.63, 3.8) is 0 Å². The molecule has 0 aromatic carbocycles. The second-order valence-electron chi connectivity index (χ2n) is 3.28. The van der Waals surface area contributed by atoms with Crippen molar-refractivity contribution in [2.75, 3.05) is 0 Å². The highest BCUT2D eigenvalue weighted by atomic mass is 19.3. The molecule has 0 amide bonds. The number of halogens is 12. The van der Waals surface area contributed by atoms with Crippen molar-refractivity contribution in [1.82, 2.24) is 0 Å². The Kier molecular flexibility index (Phi) is 5.60. The average Bonchev–Trinajstić information content (AvgIpc) is 2.26. The minimum Gasteiger partial charge on any atom is -0.274 e. The SMILES string of the molecule is FC(F)C(F)C(F)(F)C(F)(F)C(F)OC(F)(F)C(F)F. The van der Waals surface area contributed by atoms with E-state index in [1.165, 1.54) is 0 Å². The van der Waals surface area contributed by atoms with Crippen molar-refractivity contribution >= 4 is 0 Å². The Hall–Kier alpha value is -0.880.